The van der Waals surface area contributed by atoms with E-state index in [2.05, 4.69) is 4.74 Å². The van der Waals surface area contributed by atoms with Crippen LogP contribution in [0.2, 0.25) is 0 Å². The van der Waals surface area contributed by atoms with Gasteiger partial charge in [0.15, 0.2) is 0 Å². The van der Waals surface area contributed by atoms with Crippen LogP contribution in [0.4, 0.5) is 0 Å². The van der Waals surface area contributed by atoms with E-state index in [1.54, 1.807) is 9.80 Å². The predicted molar refractivity (Wildman–Crippen MR) is 72.0 cm³/mol. The molecular weight excluding hydrogens is 284 g/mol. The number of thioether (sulfide) groups is 1. The van der Waals surface area contributed by atoms with Gasteiger partial charge in [0.1, 0.15) is 6.54 Å². The summed E-state index contributed by atoms with van der Waals surface area (Å²) in [4.78, 5) is 38.1. The Morgan fingerprint density at radius 1 is 1.50 bits per heavy atom. The first kappa shape index (κ1) is 15.1. The Morgan fingerprint density at radius 3 is 2.95 bits per heavy atom. The molecule has 0 saturated carbocycles. The van der Waals surface area contributed by atoms with E-state index in [0.717, 1.165) is 0 Å². The number of amides is 2. The van der Waals surface area contributed by atoms with Gasteiger partial charge in [0.05, 0.1) is 37.9 Å². The van der Waals surface area contributed by atoms with Crippen molar-refractivity contribution < 1.29 is 23.9 Å². The van der Waals surface area contributed by atoms with Crippen LogP contribution in [-0.2, 0) is 23.9 Å². The quantitative estimate of drug-likeness (QED) is 0.640. The summed E-state index contributed by atoms with van der Waals surface area (Å²) >= 11 is 1.51. The fraction of sp³-hybridized carbons (Fsp3) is 0.750. The molecule has 2 fully saturated rings. The molecule has 2 saturated heterocycles. The monoisotopic (exact) mass is 302 g/mol. The number of carbonyl (C=O) groups excluding carboxylic acids is 3. The van der Waals surface area contributed by atoms with E-state index in [4.69, 9.17) is 4.74 Å². The Balaban J connectivity index is 1.83. The van der Waals surface area contributed by atoms with Gasteiger partial charge in [-0.2, -0.15) is 0 Å². The Morgan fingerprint density at radius 2 is 2.30 bits per heavy atom. The molecule has 7 nitrogen and oxygen atoms in total. The molecular formula is C12H18N2O5S. The van der Waals surface area contributed by atoms with Crippen molar-refractivity contribution >= 4 is 29.5 Å². The second-order valence-corrected chi connectivity index (χ2v) is 5.64. The van der Waals surface area contributed by atoms with Crippen molar-refractivity contribution in [2.75, 3.05) is 45.0 Å². The molecule has 0 N–H and O–H groups in total. The van der Waals surface area contributed by atoms with Gasteiger partial charge < -0.3 is 19.3 Å². The van der Waals surface area contributed by atoms with E-state index in [0.29, 0.717) is 31.3 Å². The fourth-order valence-corrected chi connectivity index (χ4v) is 3.05. The van der Waals surface area contributed by atoms with Crippen LogP contribution in [-0.4, -0.2) is 78.7 Å². The van der Waals surface area contributed by atoms with E-state index in [9.17, 15) is 14.4 Å². The summed E-state index contributed by atoms with van der Waals surface area (Å²) in [6, 6.07) is 0. The highest BCUT2D eigenvalue weighted by molar-refractivity contribution is 8.00. The standard InChI is InChI=1S/C12H18N2O5S/c1-18-12(17)4-9-5-13(2-3-19-9)10(15)6-14-8-20-7-11(14)16/h9H,2-8H2,1H3. The lowest BCUT2D eigenvalue weighted by Crippen LogP contribution is -2.49. The Kier molecular flexibility index (Phi) is 5.24. The van der Waals surface area contributed by atoms with Gasteiger partial charge in [-0.1, -0.05) is 0 Å². The minimum atomic E-state index is -0.351. The lowest BCUT2D eigenvalue weighted by atomic mass is 10.2. The van der Waals surface area contributed by atoms with Gasteiger partial charge in [-0.15, -0.1) is 11.8 Å². The second-order valence-electron chi connectivity index (χ2n) is 4.68. The van der Waals surface area contributed by atoms with Crippen LogP contribution in [0.1, 0.15) is 6.42 Å². The first-order chi connectivity index (χ1) is 9.60. The smallest absolute Gasteiger partial charge is 0.308 e. The van der Waals surface area contributed by atoms with E-state index in [1.807, 2.05) is 0 Å². The number of carbonyl (C=O) groups is 3. The van der Waals surface area contributed by atoms with Crippen molar-refractivity contribution in [3.05, 3.63) is 0 Å². The average molecular weight is 302 g/mol. The molecule has 1 atom stereocenters. The number of morpholine rings is 1. The van der Waals surface area contributed by atoms with Crippen LogP contribution in [0.15, 0.2) is 0 Å². The summed E-state index contributed by atoms with van der Waals surface area (Å²) in [7, 11) is 1.32. The topological polar surface area (TPSA) is 76.2 Å². The zero-order chi connectivity index (χ0) is 14.5. The number of hydrogen-bond donors (Lipinski definition) is 0. The normalized spacial score (nSPS) is 23.1. The number of hydrogen-bond acceptors (Lipinski definition) is 6. The SMILES string of the molecule is COC(=O)CC1CN(C(=O)CN2CSCC2=O)CCO1. The number of nitrogens with zero attached hydrogens (tertiary/aromatic N) is 2. The number of rotatable bonds is 4. The van der Waals surface area contributed by atoms with Crippen LogP contribution < -0.4 is 0 Å². The molecule has 8 heteroatoms. The van der Waals surface area contributed by atoms with E-state index in [-0.39, 0.29) is 36.9 Å². The van der Waals surface area contributed by atoms with Crippen LogP contribution in [0.25, 0.3) is 0 Å². The Bertz CT molecular complexity index is 403. The molecule has 2 aliphatic heterocycles. The van der Waals surface area contributed by atoms with Gasteiger partial charge in [0.25, 0.3) is 0 Å². The molecule has 2 aliphatic rings. The zero-order valence-corrected chi connectivity index (χ0v) is 12.2. The molecule has 2 rings (SSSR count). The van der Waals surface area contributed by atoms with Gasteiger partial charge in [0.2, 0.25) is 11.8 Å². The zero-order valence-electron chi connectivity index (χ0n) is 11.4. The van der Waals surface area contributed by atoms with E-state index in [1.165, 1.54) is 18.9 Å². The Labute approximate surface area is 121 Å². The molecule has 112 valence electrons. The highest BCUT2D eigenvalue weighted by atomic mass is 32.2. The van der Waals surface area contributed by atoms with Crippen LogP contribution >= 0.6 is 11.8 Å². The third kappa shape index (κ3) is 3.86. The summed E-state index contributed by atoms with van der Waals surface area (Å²) in [5.41, 5.74) is 0. The summed E-state index contributed by atoms with van der Waals surface area (Å²) in [6.45, 7) is 1.36. The third-order valence-corrected chi connectivity index (χ3v) is 4.21. The van der Waals surface area contributed by atoms with Crippen molar-refractivity contribution in [3.63, 3.8) is 0 Å². The van der Waals surface area contributed by atoms with E-state index >= 15 is 0 Å². The summed E-state index contributed by atoms with van der Waals surface area (Å²) in [6.07, 6.45) is -0.192. The van der Waals surface area contributed by atoms with Crippen molar-refractivity contribution in [2.24, 2.45) is 0 Å². The predicted octanol–water partition coefficient (Wildman–Crippen LogP) is -0.690. The molecule has 0 aromatic carbocycles. The summed E-state index contributed by atoms with van der Waals surface area (Å²) < 4.78 is 10.0. The summed E-state index contributed by atoms with van der Waals surface area (Å²) in [5.74, 6) is 0.569. The van der Waals surface area contributed by atoms with Crippen LogP contribution in [0, 0.1) is 0 Å². The molecule has 0 aromatic heterocycles. The van der Waals surface area contributed by atoms with Gasteiger partial charge in [-0.05, 0) is 0 Å². The van der Waals surface area contributed by atoms with Crippen LogP contribution in [0.5, 0.6) is 0 Å². The molecule has 0 bridgehead atoms. The van der Waals surface area contributed by atoms with E-state index < -0.39 is 0 Å². The first-order valence-electron chi connectivity index (χ1n) is 6.42. The molecule has 20 heavy (non-hydrogen) atoms. The second kappa shape index (κ2) is 6.94. The lowest BCUT2D eigenvalue weighted by molar-refractivity contribution is -0.150. The molecule has 0 aliphatic carbocycles. The maximum atomic E-state index is 12.2. The van der Waals surface area contributed by atoms with Crippen molar-refractivity contribution in [2.45, 2.75) is 12.5 Å². The molecule has 0 spiro atoms. The largest absolute Gasteiger partial charge is 0.469 e. The van der Waals surface area contributed by atoms with Crippen LogP contribution in [0.3, 0.4) is 0 Å². The number of ether oxygens (including phenoxy) is 2. The minimum Gasteiger partial charge on any atom is -0.469 e. The van der Waals surface area contributed by atoms with Gasteiger partial charge in [0, 0.05) is 13.1 Å². The van der Waals surface area contributed by atoms with Gasteiger partial charge in [-0.25, -0.2) is 0 Å². The minimum absolute atomic E-state index is 0.00252. The molecule has 1 unspecified atom stereocenters. The molecule has 2 amide bonds. The maximum Gasteiger partial charge on any atom is 0.308 e. The number of esters is 1. The summed E-state index contributed by atoms with van der Waals surface area (Å²) in [5, 5.41) is 0. The maximum absolute atomic E-state index is 12.2. The van der Waals surface area contributed by atoms with Gasteiger partial charge in [-0.3, -0.25) is 14.4 Å². The van der Waals surface area contributed by atoms with Gasteiger partial charge >= 0.3 is 5.97 Å². The molecule has 0 aromatic rings. The highest BCUT2D eigenvalue weighted by Gasteiger charge is 2.29. The fourth-order valence-electron chi connectivity index (χ4n) is 2.14. The molecule has 2 heterocycles. The average Bonchev–Trinajstić information content (AvgIpc) is 2.84. The Hall–Kier alpha value is -1.28. The molecule has 0 radical (unpaired) electrons. The first-order valence-corrected chi connectivity index (χ1v) is 7.57. The third-order valence-electron chi connectivity index (χ3n) is 3.26. The van der Waals surface area contributed by atoms with Crippen molar-refractivity contribution in [1.29, 1.82) is 0 Å². The number of methoxy groups -OCH3 is 1. The van der Waals surface area contributed by atoms with Crippen molar-refractivity contribution in [3.8, 4) is 0 Å². The lowest BCUT2D eigenvalue weighted by Gasteiger charge is -2.33. The van der Waals surface area contributed by atoms with Crippen molar-refractivity contribution in [1.82, 2.24) is 9.80 Å². The highest BCUT2D eigenvalue weighted by Crippen LogP contribution is 2.16.